The lowest BCUT2D eigenvalue weighted by molar-refractivity contribution is 0.0950. The van der Waals surface area contributed by atoms with E-state index >= 15 is 0 Å². The van der Waals surface area contributed by atoms with Crippen LogP contribution in [0.2, 0.25) is 0 Å². The molecule has 2 saturated heterocycles. The van der Waals surface area contributed by atoms with Gasteiger partial charge in [-0.05, 0) is 61.3 Å². The van der Waals surface area contributed by atoms with Crippen molar-refractivity contribution >= 4 is 11.6 Å². The average molecular weight is 380 g/mol. The number of nitrogens with zero attached hydrogens (tertiary/aromatic N) is 2. The molecule has 2 heterocycles. The van der Waals surface area contributed by atoms with Crippen LogP contribution in [0.4, 0.5) is 5.69 Å². The zero-order valence-corrected chi connectivity index (χ0v) is 16.4. The summed E-state index contributed by atoms with van der Waals surface area (Å²) in [6, 6.07) is 16.3. The van der Waals surface area contributed by atoms with Crippen LogP contribution >= 0.6 is 0 Å². The van der Waals surface area contributed by atoms with Crippen molar-refractivity contribution in [2.24, 2.45) is 0 Å². The van der Waals surface area contributed by atoms with E-state index in [0.717, 1.165) is 38.5 Å². The van der Waals surface area contributed by atoms with Crippen molar-refractivity contribution in [2.45, 2.75) is 25.9 Å². The smallest absolute Gasteiger partial charge is 0.251 e. The summed E-state index contributed by atoms with van der Waals surface area (Å²) in [4.78, 5) is 17.4. The number of likely N-dealkylation sites (tertiary alicyclic amines) is 1. The van der Waals surface area contributed by atoms with E-state index in [1.165, 1.54) is 37.1 Å². The number of anilines is 1. The zero-order valence-electron chi connectivity index (χ0n) is 16.4. The standard InChI is InChI=1S/C23H29N3O2/c27-23(19-7-9-22(10-8-19)26-13-15-28-16-14-26)24-17-20-5-1-2-6-21(20)18-25-11-3-4-12-25/h1-2,5-10H,3-4,11-18H2,(H,24,27). The molecule has 148 valence electrons. The Labute approximate surface area is 167 Å². The fourth-order valence-corrected chi connectivity index (χ4v) is 3.99. The molecule has 2 aromatic carbocycles. The fraction of sp³-hybridized carbons (Fsp3) is 0.435. The van der Waals surface area contributed by atoms with Crippen molar-refractivity contribution in [3.8, 4) is 0 Å². The summed E-state index contributed by atoms with van der Waals surface area (Å²) in [5.41, 5.74) is 4.37. The first-order valence-corrected chi connectivity index (χ1v) is 10.3. The molecule has 1 amide bonds. The molecule has 2 aliphatic heterocycles. The fourth-order valence-electron chi connectivity index (χ4n) is 3.99. The monoisotopic (exact) mass is 379 g/mol. The van der Waals surface area contributed by atoms with Crippen LogP contribution in [0.1, 0.15) is 34.3 Å². The molecule has 4 rings (SSSR count). The molecule has 0 aliphatic carbocycles. The van der Waals surface area contributed by atoms with Gasteiger partial charge in [0.05, 0.1) is 13.2 Å². The number of nitrogens with one attached hydrogen (secondary N) is 1. The maximum absolute atomic E-state index is 12.6. The molecule has 0 unspecified atom stereocenters. The second kappa shape index (κ2) is 9.22. The lowest BCUT2D eigenvalue weighted by atomic mass is 10.1. The summed E-state index contributed by atoms with van der Waals surface area (Å²) < 4.78 is 5.40. The highest BCUT2D eigenvalue weighted by Crippen LogP contribution is 2.18. The van der Waals surface area contributed by atoms with Crippen LogP contribution in [0.5, 0.6) is 0 Å². The molecule has 2 aliphatic rings. The molecular weight excluding hydrogens is 350 g/mol. The van der Waals surface area contributed by atoms with Crippen molar-refractivity contribution in [3.63, 3.8) is 0 Å². The van der Waals surface area contributed by atoms with Gasteiger partial charge in [-0.1, -0.05) is 24.3 Å². The van der Waals surface area contributed by atoms with Gasteiger partial charge in [0.2, 0.25) is 0 Å². The predicted molar refractivity (Wildman–Crippen MR) is 112 cm³/mol. The first-order chi connectivity index (χ1) is 13.8. The maximum Gasteiger partial charge on any atom is 0.251 e. The molecule has 0 radical (unpaired) electrons. The van der Waals surface area contributed by atoms with E-state index in [9.17, 15) is 4.79 Å². The third-order valence-electron chi connectivity index (χ3n) is 5.66. The Morgan fingerprint density at radius 1 is 0.893 bits per heavy atom. The summed E-state index contributed by atoms with van der Waals surface area (Å²) >= 11 is 0. The van der Waals surface area contributed by atoms with Crippen LogP contribution in [-0.2, 0) is 17.8 Å². The van der Waals surface area contributed by atoms with Crippen molar-refractivity contribution < 1.29 is 9.53 Å². The Morgan fingerprint density at radius 3 is 2.29 bits per heavy atom. The van der Waals surface area contributed by atoms with Crippen LogP contribution in [0.25, 0.3) is 0 Å². The predicted octanol–water partition coefficient (Wildman–Crippen LogP) is 3.05. The van der Waals surface area contributed by atoms with Gasteiger partial charge in [0.25, 0.3) is 5.91 Å². The molecule has 0 spiro atoms. The number of carbonyl (C=O) groups excluding carboxylic acids is 1. The summed E-state index contributed by atoms with van der Waals surface area (Å²) in [6.45, 7) is 7.22. The number of benzene rings is 2. The lowest BCUT2D eigenvalue weighted by Crippen LogP contribution is -2.36. The Balaban J connectivity index is 1.35. The molecule has 5 heteroatoms. The Kier molecular flexibility index (Phi) is 6.24. The summed E-state index contributed by atoms with van der Waals surface area (Å²) in [7, 11) is 0. The topological polar surface area (TPSA) is 44.8 Å². The lowest BCUT2D eigenvalue weighted by Gasteiger charge is -2.28. The summed E-state index contributed by atoms with van der Waals surface area (Å²) in [5.74, 6) is -0.0236. The molecule has 0 saturated carbocycles. The zero-order chi connectivity index (χ0) is 19.2. The SMILES string of the molecule is O=C(NCc1ccccc1CN1CCCC1)c1ccc(N2CCOCC2)cc1. The van der Waals surface area contributed by atoms with Gasteiger partial charge in [-0.3, -0.25) is 9.69 Å². The van der Waals surface area contributed by atoms with Crippen molar-refractivity contribution in [3.05, 3.63) is 65.2 Å². The first-order valence-electron chi connectivity index (χ1n) is 10.3. The number of rotatable bonds is 6. The van der Waals surface area contributed by atoms with E-state index < -0.39 is 0 Å². The Hall–Kier alpha value is -2.37. The van der Waals surface area contributed by atoms with Crippen molar-refractivity contribution in [1.29, 1.82) is 0 Å². The average Bonchev–Trinajstić information content (AvgIpc) is 3.27. The number of carbonyl (C=O) groups is 1. The molecule has 28 heavy (non-hydrogen) atoms. The van der Waals surface area contributed by atoms with E-state index in [1.807, 2.05) is 30.3 Å². The minimum absolute atomic E-state index is 0.0236. The second-order valence-corrected chi connectivity index (χ2v) is 7.58. The quantitative estimate of drug-likeness (QED) is 0.838. The Bertz CT molecular complexity index is 779. The summed E-state index contributed by atoms with van der Waals surface area (Å²) in [6.07, 6.45) is 2.58. The first kappa shape index (κ1) is 19.0. The van der Waals surface area contributed by atoms with Crippen LogP contribution < -0.4 is 10.2 Å². The third kappa shape index (κ3) is 4.72. The van der Waals surface area contributed by atoms with E-state index in [0.29, 0.717) is 12.1 Å². The Morgan fingerprint density at radius 2 is 1.57 bits per heavy atom. The van der Waals surface area contributed by atoms with Gasteiger partial charge in [-0.2, -0.15) is 0 Å². The number of amides is 1. The van der Waals surface area contributed by atoms with Crippen LogP contribution in [0, 0.1) is 0 Å². The molecule has 2 aromatic rings. The highest BCUT2D eigenvalue weighted by molar-refractivity contribution is 5.94. The van der Waals surface area contributed by atoms with Gasteiger partial charge < -0.3 is 15.0 Å². The normalized spacial score (nSPS) is 17.6. The van der Waals surface area contributed by atoms with Crippen molar-refractivity contribution in [2.75, 3.05) is 44.3 Å². The van der Waals surface area contributed by atoms with Crippen LogP contribution in [-0.4, -0.2) is 50.2 Å². The number of hydrogen-bond donors (Lipinski definition) is 1. The van der Waals surface area contributed by atoms with Gasteiger partial charge in [0.1, 0.15) is 0 Å². The highest BCUT2D eigenvalue weighted by Gasteiger charge is 2.15. The second-order valence-electron chi connectivity index (χ2n) is 7.58. The van der Waals surface area contributed by atoms with Gasteiger partial charge in [0, 0.05) is 37.4 Å². The van der Waals surface area contributed by atoms with Gasteiger partial charge in [-0.15, -0.1) is 0 Å². The molecular formula is C23H29N3O2. The molecule has 2 fully saturated rings. The summed E-state index contributed by atoms with van der Waals surface area (Å²) in [5, 5.41) is 3.09. The largest absolute Gasteiger partial charge is 0.378 e. The number of ether oxygens (including phenoxy) is 1. The van der Waals surface area contributed by atoms with Gasteiger partial charge in [0.15, 0.2) is 0 Å². The van der Waals surface area contributed by atoms with Gasteiger partial charge in [-0.25, -0.2) is 0 Å². The van der Waals surface area contributed by atoms with E-state index in [4.69, 9.17) is 4.74 Å². The molecule has 0 bridgehead atoms. The molecule has 5 nitrogen and oxygen atoms in total. The minimum Gasteiger partial charge on any atom is -0.378 e. The van der Waals surface area contributed by atoms with Crippen LogP contribution in [0.15, 0.2) is 48.5 Å². The maximum atomic E-state index is 12.6. The molecule has 0 aromatic heterocycles. The molecule has 0 atom stereocenters. The minimum atomic E-state index is -0.0236. The molecule has 1 N–H and O–H groups in total. The number of hydrogen-bond acceptors (Lipinski definition) is 4. The van der Waals surface area contributed by atoms with Crippen LogP contribution in [0.3, 0.4) is 0 Å². The third-order valence-corrected chi connectivity index (χ3v) is 5.66. The van der Waals surface area contributed by atoms with Crippen molar-refractivity contribution in [1.82, 2.24) is 10.2 Å². The van der Waals surface area contributed by atoms with E-state index in [-0.39, 0.29) is 5.91 Å². The number of morpholine rings is 1. The highest BCUT2D eigenvalue weighted by atomic mass is 16.5. The van der Waals surface area contributed by atoms with Gasteiger partial charge >= 0.3 is 0 Å². The van der Waals surface area contributed by atoms with E-state index in [2.05, 4.69) is 33.3 Å². The van der Waals surface area contributed by atoms with E-state index in [1.54, 1.807) is 0 Å².